The fourth-order valence-electron chi connectivity index (χ4n) is 2.14. The van der Waals surface area contributed by atoms with Gasteiger partial charge in [0.1, 0.15) is 5.82 Å². The van der Waals surface area contributed by atoms with Crippen molar-refractivity contribution in [3.63, 3.8) is 0 Å². The van der Waals surface area contributed by atoms with E-state index >= 15 is 0 Å². The number of hydrogen-bond donors (Lipinski definition) is 2. The average Bonchev–Trinajstić information content (AvgIpc) is 2.96. The number of aryl methyl sites for hydroxylation is 1. The molecular formula is C15H18ClN3O4S2. The van der Waals surface area contributed by atoms with E-state index < -0.39 is 21.9 Å². The summed E-state index contributed by atoms with van der Waals surface area (Å²) in [5, 5.41) is 9.38. The van der Waals surface area contributed by atoms with Gasteiger partial charge in [0, 0.05) is 23.0 Å². The number of nitrogens with zero attached hydrogens (tertiary/aromatic N) is 2. The fraction of sp³-hybridized carbons (Fsp3) is 0.400. The molecule has 0 aliphatic carbocycles. The quantitative estimate of drug-likeness (QED) is 0.699. The lowest BCUT2D eigenvalue weighted by molar-refractivity contribution is -0.141. The smallest absolute Gasteiger partial charge is 0.306 e. The van der Waals surface area contributed by atoms with Gasteiger partial charge in [-0.15, -0.1) is 0 Å². The molecule has 0 aliphatic heterocycles. The van der Waals surface area contributed by atoms with Crippen LogP contribution in [-0.2, 0) is 21.2 Å². The standard InChI is InChI=1S/C15H18ClN3O4S2/c1-9(14(20)21)5-3-8-13-17-15(24-18-13)19-25(22,23)12-7-4-6-11(16)10(12)2/h4,6-7,9H,3,5,8H2,1-2H3,(H,20,21)(H,17,18,19). The molecule has 0 saturated heterocycles. The van der Waals surface area contributed by atoms with Crippen LogP contribution in [0.15, 0.2) is 23.1 Å². The molecule has 10 heteroatoms. The third-order valence-electron chi connectivity index (χ3n) is 3.66. The Morgan fingerprint density at radius 3 is 2.84 bits per heavy atom. The highest BCUT2D eigenvalue weighted by atomic mass is 35.5. The van der Waals surface area contributed by atoms with E-state index in [2.05, 4.69) is 14.1 Å². The van der Waals surface area contributed by atoms with Crippen LogP contribution in [0.3, 0.4) is 0 Å². The summed E-state index contributed by atoms with van der Waals surface area (Å²) in [6.07, 6.45) is 1.62. The number of carbonyl (C=O) groups is 1. The maximum absolute atomic E-state index is 12.5. The third kappa shape index (κ3) is 5.13. The minimum absolute atomic E-state index is 0.0898. The molecule has 0 spiro atoms. The van der Waals surface area contributed by atoms with Gasteiger partial charge in [-0.3, -0.25) is 9.52 Å². The number of nitrogens with one attached hydrogen (secondary N) is 1. The Hall–Kier alpha value is -1.71. The van der Waals surface area contributed by atoms with Crippen molar-refractivity contribution in [2.75, 3.05) is 4.72 Å². The average molecular weight is 404 g/mol. The number of carboxylic acid groups (broad SMARTS) is 1. The van der Waals surface area contributed by atoms with Crippen LogP contribution in [0.4, 0.5) is 5.13 Å². The maximum Gasteiger partial charge on any atom is 0.306 e. The van der Waals surface area contributed by atoms with E-state index in [0.717, 1.165) is 11.5 Å². The lowest BCUT2D eigenvalue weighted by atomic mass is 10.0. The van der Waals surface area contributed by atoms with Gasteiger partial charge in [-0.1, -0.05) is 24.6 Å². The molecule has 0 radical (unpaired) electrons. The van der Waals surface area contributed by atoms with Crippen molar-refractivity contribution < 1.29 is 18.3 Å². The number of benzene rings is 1. The zero-order valence-corrected chi connectivity index (χ0v) is 16.1. The summed E-state index contributed by atoms with van der Waals surface area (Å²) in [6.45, 7) is 3.27. The van der Waals surface area contributed by atoms with E-state index in [1.165, 1.54) is 6.07 Å². The summed E-state index contributed by atoms with van der Waals surface area (Å²) in [5.41, 5.74) is 0.462. The number of anilines is 1. The Morgan fingerprint density at radius 1 is 1.44 bits per heavy atom. The zero-order chi connectivity index (χ0) is 18.6. The molecule has 1 aromatic carbocycles. The number of sulfonamides is 1. The number of halogens is 1. The summed E-state index contributed by atoms with van der Waals surface area (Å²) < 4.78 is 31.4. The Morgan fingerprint density at radius 2 is 2.16 bits per heavy atom. The van der Waals surface area contributed by atoms with Gasteiger partial charge in [-0.25, -0.2) is 13.4 Å². The van der Waals surface area contributed by atoms with Gasteiger partial charge in [0.05, 0.1) is 10.8 Å². The molecule has 0 fully saturated rings. The van der Waals surface area contributed by atoms with Crippen LogP contribution < -0.4 is 4.72 Å². The van der Waals surface area contributed by atoms with Crippen molar-refractivity contribution in [1.29, 1.82) is 0 Å². The predicted molar refractivity (Wildman–Crippen MR) is 96.6 cm³/mol. The Kier molecular flexibility index (Phi) is 6.36. The summed E-state index contributed by atoms with van der Waals surface area (Å²) in [5.74, 6) is -0.776. The number of rotatable bonds is 8. The molecule has 0 amide bonds. The molecule has 0 bridgehead atoms. The lowest BCUT2D eigenvalue weighted by Gasteiger charge is -2.08. The van der Waals surface area contributed by atoms with Gasteiger partial charge in [0.25, 0.3) is 10.0 Å². The Bertz CT molecular complexity index is 867. The Labute approximate surface area is 155 Å². The number of carboxylic acids is 1. The van der Waals surface area contributed by atoms with Crippen molar-refractivity contribution in [2.24, 2.45) is 5.92 Å². The summed E-state index contributed by atoms with van der Waals surface area (Å²) in [6, 6.07) is 4.66. The SMILES string of the molecule is Cc1c(Cl)cccc1S(=O)(=O)Nc1nc(CCCC(C)C(=O)O)ns1. The van der Waals surface area contributed by atoms with Gasteiger partial charge >= 0.3 is 5.97 Å². The molecule has 1 unspecified atom stereocenters. The molecule has 7 nitrogen and oxygen atoms in total. The van der Waals surface area contributed by atoms with Crippen LogP contribution in [-0.4, -0.2) is 28.9 Å². The van der Waals surface area contributed by atoms with Crippen molar-refractivity contribution in [1.82, 2.24) is 9.36 Å². The first-order valence-corrected chi connectivity index (χ1v) is 10.2. The summed E-state index contributed by atoms with van der Waals surface area (Å²) in [4.78, 5) is 15.0. The van der Waals surface area contributed by atoms with Gasteiger partial charge < -0.3 is 5.11 Å². The van der Waals surface area contributed by atoms with Crippen molar-refractivity contribution in [2.45, 2.75) is 38.0 Å². The first-order chi connectivity index (χ1) is 11.7. The normalized spacial score (nSPS) is 12.8. The van der Waals surface area contributed by atoms with Crippen LogP contribution in [0.5, 0.6) is 0 Å². The Balaban J connectivity index is 2.03. The summed E-state index contributed by atoms with van der Waals surface area (Å²) >= 11 is 6.92. The number of aromatic nitrogens is 2. The second kappa shape index (κ2) is 8.11. The minimum Gasteiger partial charge on any atom is -0.481 e. The fourth-order valence-corrected chi connectivity index (χ4v) is 4.47. The molecule has 1 heterocycles. The van der Waals surface area contributed by atoms with Crippen LogP contribution >= 0.6 is 23.1 Å². The maximum atomic E-state index is 12.5. The van der Waals surface area contributed by atoms with E-state index in [4.69, 9.17) is 16.7 Å². The topological polar surface area (TPSA) is 109 Å². The van der Waals surface area contributed by atoms with Crippen LogP contribution in [0.25, 0.3) is 0 Å². The molecule has 1 atom stereocenters. The van der Waals surface area contributed by atoms with Crippen LogP contribution in [0.1, 0.15) is 31.2 Å². The highest BCUT2D eigenvalue weighted by molar-refractivity contribution is 7.93. The zero-order valence-electron chi connectivity index (χ0n) is 13.7. The minimum atomic E-state index is -3.80. The van der Waals surface area contributed by atoms with E-state index in [1.54, 1.807) is 26.0 Å². The van der Waals surface area contributed by atoms with Gasteiger partial charge in [0.15, 0.2) is 0 Å². The second-order valence-corrected chi connectivity index (χ2v) is 8.43. The van der Waals surface area contributed by atoms with Gasteiger partial charge in [-0.05, 0) is 37.5 Å². The van der Waals surface area contributed by atoms with Crippen LogP contribution in [0, 0.1) is 12.8 Å². The lowest BCUT2D eigenvalue weighted by Crippen LogP contribution is -2.14. The molecule has 0 saturated carbocycles. The van der Waals surface area contributed by atoms with Crippen molar-refractivity contribution >= 4 is 44.3 Å². The third-order valence-corrected chi connectivity index (χ3v) is 6.35. The monoisotopic (exact) mass is 403 g/mol. The van der Waals surface area contributed by atoms with Crippen molar-refractivity contribution in [3.05, 3.63) is 34.6 Å². The number of aliphatic carboxylic acids is 1. The molecule has 25 heavy (non-hydrogen) atoms. The highest BCUT2D eigenvalue weighted by Gasteiger charge is 2.20. The number of hydrogen-bond acceptors (Lipinski definition) is 6. The first-order valence-electron chi connectivity index (χ1n) is 7.54. The molecule has 2 rings (SSSR count). The summed E-state index contributed by atoms with van der Waals surface area (Å²) in [7, 11) is -3.80. The van der Waals surface area contributed by atoms with Gasteiger partial charge in [0.2, 0.25) is 5.13 Å². The van der Waals surface area contributed by atoms with E-state index in [1.807, 2.05) is 0 Å². The van der Waals surface area contributed by atoms with Crippen molar-refractivity contribution in [3.8, 4) is 0 Å². The van der Waals surface area contributed by atoms with E-state index in [9.17, 15) is 13.2 Å². The molecule has 0 aliphatic rings. The predicted octanol–water partition coefficient (Wildman–Crippen LogP) is 3.34. The molecule has 1 aromatic heterocycles. The molecule has 136 valence electrons. The second-order valence-electron chi connectivity index (χ2n) is 5.62. The molecular weight excluding hydrogens is 386 g/mol. The van der Waals surface area contributed by atoms with Crippen LogP contribution in [0.2, 0.25) is 5.02 Å². The van der Waals surface area contributed by atoms with Gasteiger partial charge in [-0.2, -0.15) is 4.37 Å². The molecule has 2 N–H and O–H groups in total. The first kappa shape index (κ1) is 19.6. The molecule has 2 aromatic rings. The highest BCUT2D eigenvalue weighted by Crippen LogP contribution is 2.25. The van der Waals surface area contributed by atoms with E-state index in [-0.39, 0.29) is 10.0 Å². The van der Waals surface area contributed by atoms with E-state index in [0.29, 0.717) is 35.7 Å². The largest absolute Gasteiger partial charge is 0.481 e.